The third kappa shape index (κ3) is 10.2. The van der Waals surface area contributed by atoms with Gasteiger partial charge in [0.2, 0.25) is 11.8 Å². The maximum atomic E-state index is 12.5. The maximum Gasteiger partial charge on any atom is 0.243 e. The van der Waals surface area contributed by atoms with E-state index in [2.05, 4.69) is 15.3 Å². The molecule has 0 saturated carbocycles. The lowest BCUT2D eigenvalue weighted by Crippen LogP contribution is -2.31. The van der Waals surface area contributed by atoms with Crippen molar-refractivity contribution in [3.8, 4) is 11.1 Å². The van der Waals surface area contributed by atoms with Crippen molar-refractivity contribution in [2.45, 2.75) is 75.3 Å². The Kier molecular flexibility index (Phi) is 12.9. The zero-order valence-corrected chi connectivity index (χ0v) is 26.9. The van der Waals surface area contributed by atoms with Gasteiger partial charge in [0, 0.05) is 49.5 Å². The number of carbonyl (C=O) groups excluding carboxylic acids is 2. The molecule has 2 heterocycles. The molecule has 246 valence electrons. The van der Waals surface area contributed by atoms with Crippen LogP contribution in [0.25, 0.3) is 11.1 Å². The number of aliphatic hydroxyl groups excluding tert-OH is 1. The van der Waals surface area contributed by atoms with Crippen molar-refractivity contribution < 1.29 is 29.4 Å². The van der Waals surface area contributed by atoms with Crippen LogP contribution >= 0.6 is 11.8 Å². The Morgan fingerprint density at radius 1 is 0.830 bits per heavy atom. The van der Waals surface area contributed by atoms with Gasteiger partial charge in [0.1, 0.15) is 0 Å². The normalized spacial score (nSPS) is 17.6. The molecule has 0 unspecified atom stereocenters. The Labute approximate surface area is 278 Å². The van der Waals surface area contributed by atoms with Crippen molar-refractivity contribution in [1.82, 2.24) is 20.8 Å². The second-order valence-corrected chi connectivity index (χ2v) is 12.3. The van der Waals surface area contributed by atoms with E-state index < -0.39 is 12.2 Å². The fourth-order valence-electron chi connectivity index (χ4n) is 5.41. The Hall–Kier alpha value is -4.13. The number of hydrogen-bond donors (Lipinski definition) is 4. The number of amides is 2. The van der Waals surface area contributed by atoms with Gasteiger partial charge in [-0.05, 0) is 46.7 Å². The predicted octanol–water partition coefficient (Wildman–Crippen LogP) is 6.05. The summed E-state index contributed by atoms with van der Waals surface area (Å²) >= 11 is 1.55. The Morgan fingerprint density at radius 3 is 2.26 bits per heavy atom. The minimum atomic E-state index is -0.574. The van der Waals surface area contributed by atoms with Gasteiger partial charge >= 0.3 is 0 Å². The molecule has 4 aromatic rings. The molecule has 0 aliphatic carbocycles. The number of hydroxylamine groups is 1. The number of benzene rings is 3. The Morgan fingerprint density at radius 2 is 1.53 bits per heavy atom. The number of nitrogens with zero attached hydrogens (tertiary/aromatic N) is 2. The number of carbonyl (C=O) groups is 2. The predicted molar refractivity (Wildman–Crippen MR) is 178 cm³/mol. The number of unbranched alkanes of at least 4 members (excludes halogenated alkanes) is 2. The minimum Gasteiger partial charge on any atom is -0.392 e. The third-order valence-electron chi connectivity index (χ3n) is 7.97. The molecule has 1 aromatic heterocycles. The van der Waals surface area contributed by atoms with Crippen molar-refractivity contribution in [3.63, 3.8) is 0 Å². The molecule has 11 heteroatoms. The summed E-state index contributed by atoms with van der Waals surface area (Å²) < 4.78 is 13.0. The average molecular weight is 657 g/mol. The first kappa shape index (κ1) is 34.2. The first-order valence-electron chi connectivity index (χ1n) is 15.8. The van der Waals surface area contributed by atoms with Gasteiger partial charge in [0.05, 0.1) is 18.8 Å². The molecule has 1 fully saturated rings. The standard InChI is InChI=1S/C36H40N4O6S/c41-23-25-11-13-27(14-12-25)32-21-30(24-47-36-37-19-6-20-38-36)45-35(46-32)28-17-15-26(16-18-28)31-8-5-4-7-29(31)22-39-33(42)9-2-1-3-10-34(43)40-44/h4-8,11-20,30,32,35,41,44H,1-3,9-10,21-24H2,(H,39,42)(H,40,43)/t30-,32+,35+/m0/s1. The summed E-state index contributed by atoms with van der Waals surface area (Å²) in [6.45, 7) is 0.393. The number of nitrogens with one attached hydrogen (secondary N) is 2. The SMILES string of the molecule is O=C(CCCCCC(=O)NCc1ccccc1-c1ccc([C@@H]2O[C@H](CSc3ncccn3)C[C@H](c3ccc(CO)cc3)O2)cc1)NO. The molecule has 5 rings (SSSR count). The summed E-state index contributed by atoms with van der Waals surface area (Å²) in [5, 5.41) is 21.8. The van der Waals surface area contributed by atoms with E-state index in [1.54, 1.807) is 35.7 Å². The van der Waals surface area contributed by atoms with Crippen LogP contribution in [0.5, 0.6) is 0 Å². The molecule has 3 atom stereocenters. The van der Waals surface area contributed by atoms with Crippen molar-refractivity contribution in [2.75, 3.05) is 5.75 Å². The van der Waals surface area contributed by atoms with Gasteiger partial charge < -0.3 is 19.9 Å². The van der Waals surface area contributed by atoms with Crippen molar-refractivity contribution in [1.29, 1.82) is 0 Å². The quantitative estimate of drug-likeness (QED) is 0.0396. The van der Waals surface area contributed by atoms with E-state index >= 15 is 0 Å². The molecule has 3 aromatic carbocycles. The van der Waals surface area contributed by atoms with Crippen LogP contribution in [0.3, 0.4) is 0 Å². The molecule has 47 heavy (non-hydrogen) atoms. The van der Waals surface area contributed by atoms with E-state index in [0.717, 1.165) is 39.8 Å². The number of aliphatic hydroxyl groups is 1. The van der Waals surface area contributed by atoms with Gasteiger partial charge in [-0.25, -0.2) is 15.4 Å². The van der Waals surface area contributed by atoms with Crippen LogP contribution in [0.15, 0.2) is 96.4 Å². The van der Waals surface area contributed by atoms with E-state index in [4.69, 9.17) is 14.7 Å². The van der Waals surface area contributed by atoms with Crippen molar-refractivity contribution in [2.24, 2.45) is 0 Å². The fraction of sp³-hybridized carbons (Fsp3) is 0.333. The first-order valence-corrected chi connectivity index (χ1v) is 16.8. The number of ether oxygens (including phenoxy) is 2. The molecule has 4 N–H and O–H groups in total. The lowest BCUT2D eigenvalue weighted by molar-refractivity contribution is -0.245. The highest BCUT2D eigenvalue weighted by Crippen LogP contribution is 2.39. The average Bonchev–Trinajstić information content (AvgIpc) is 3.13. The molecule has 1 saturated heterocycles. The lowest BCUT2D eigenvalue weighted by Gasteiger charge is -2.36. The summed E-state index contributed by atoms with van der Waals surface area (Å²) in [4.78, 5) is 32.3. The van der Waals surface area contributed by atoms with Crippen LogP contribution in [0.1, 0.15) is 73.2 Å². The second kappa shape index (κ2) is 17.7. The summed E-state index contributed by atoms with van der Waals surface area (Å²) in [5.74, 6) is 0.220. The van der Waals surface area contributed by atoms with Crippen LogP contribution in [-0.2, 0) is 32.2 Å². The number of hydrogen-bond acceptors (Lipinski definition) is 9. The summed E-state index contributed by atoms with van der Waals surface area (Å²) in [6.07, 6.45) is 5.92. The molecular weight excluding hydrogens is 616 g/mol. The number of thioether (sulfide) groups is 1. The smallest absolute Gasteiger partial charge is 0.243 e. The highest BCUT2D eigenvalue weighted by atomic mass is 32.2. The van der Waals surface area contributed by atoms with Gasteiger partial charge in [0.15, 0.2) is 11.4 Å². The van der Waals surface area contributed by atoms with Gasteiger partial charge in [-0.2, -0.15) is 0 Å². The highest BCUT2D eigenvalue weighted by Gasteiger charge is 2.32. The second-order valence-electron chi connectivity index (χ2n) is 11.3. The molecule has 1 aliphatic rings. The van der Waals surface area contributed by atoms with Gasteiger partial charge in [0.25, 0.3) is 0 Å². The Bertz CT molecular complexity index is 1570. The van der Waals surface area contributed by atoms with Crippen LogP contribution in [0.4, 0.5) is 0 Å². The molecule has 0 bridgehead atoms. The zero-order chi connectivity index (χ0) is 32.8. The van der Waals surface area contributed by atoms with Gasteiger partial charge in [-0.15, -0.1) is 0 Å². The van der Waals surface area contributed by atoms with Crippen LogP contribution < -0.4 is 10.8 Å². The molecule has 1 aliphatic heterocycles. The van der Waals surface area contributed by atoms with Gasteiger partial charge in [-0.1, -0.05) is 91.0 Å². The maximum absolute atomic E-state index is 12.5. The van der Waals surface area contributed by atoms with E-state index in [0.29, 0.717) is 43.1 Å². The van der Waals surface area contributed by atoms with E-state index in [-0.39, 0.29) is 31.1 Å². The van der Waals surface area contributed by atoms with Crippen molar-refractivity contribution in [3.05, 3.63) is 114 Å². The number of aromatic nitrogens is 2. The summed E-state index contributed by atoms with van der Waals surface area (Å²) in [7, 11) is 0. The van der Waals surface area contributed by atoms with E-state index in [9.17, 15) is 14.7 Å². The van der Waals surface area contributed by atoms with Crippen LogP contribution in [0.2, 0.25) is 0 Å². The molecular formula is C36H40N4O6S. The zero-order valence-electron chi connectivity index (χ0n) is 26.1. The Balaban J connectivity index is 1.23. The lowest BCUT2D eigenvalue weighted by atomic mass is 9.97. The molecule has 10 nitrogen and oxygen atoms in total. The highest BCUT2D eigenvalue weighted by molar-refractivity contribution is 7.99. The largest absolute Gasteiger partial charge is 0.392 e. The fourth-order valence-corrected chi connectivity index (χ4v) is 6.23. The summed E-state index contributed by atoms with van der Waals surface area (Å²) in [6, 6.07) is 25.8. The molecule has 2 amide bonds. The van der Waals surface area contributed by atoms with Gasteiger partial charge in [-0.3, -0.25) is 14.8 Å². The van der Waals surface area contributed by atoms with Crippen LogP contribution in [-0.4, -0.2) is 44.0 Å². The summed E-state index contributed by atoms with van der Waals surface area (Å²) in [5.41, 5.74) is 7.45. The third-order valence-corrected chi connectivity index (χ3v) is 8.98. The van der Waals surface area contributed by atoms with Crippen molar-refractivity contribution >= 4 is 23.6 Å². The molecule has 0 radical (unpaired) electrons. The number of rotatable bonds is 15. The molecule has 0 spiro atoms. The van der Waals surface area contributed by atoms with E-state index in [1.165, 1.54) is 0 Å². The van der Waals surface area contributed by atoms with E-state index in [1.807, 2.05) is 72.8 Å². The topological polar surface area (TPSA) is 143 Å². The first-order chi connectivity index (χ1) is 23.0. The monoisotopic (exact) mass is 656 g/mol. The van der Waals surface area contributed by atoms with Crippen LogP contribution in [0, 0.1) is 0 Å². The minimum absolute atomic E-state index is 0.00915.